The van der Waals surface area contributed by atoms with Gasteiger partial charge >= 0.3 is 0 Å². The van der Waals surface area contributed by atoms with E-state index < -0.39 is 0 Å². The largest absolute Gasteiger partial charge is 0.397 e. The van der Waals surface area contributed by atoms with Crippen LogP contribution in [-0.2, 0) is 0 Å². The van der Waals surface area contributed by atoms with Crippen molar-refractivity contribution in [2.75, 3.05) is 18.1 Å². The zero-order chi connectivity index (χ0) is 11.3. The number of nitrogen functional groups attached to an aromatic ring is 1. The van der Waals surface area contributed by atoms with Crippen LogP contribution in [0.15, 0.2) is 0 Å². The molecule has 2 fully saturated rings. The normalized spacial score (nSPS) is 19.8. The molecule has 0 atom stereocenters. The summed E-state index contributed by atoms with van der Waals surface area (Å²) in [6, 6.07) is 0. The summed E-state index contributed by atoms with van der Waals surface area (Å²) in [5.41, 5.74) is 8.10. The molecule has 86 valence electrons. The van der Waals surface area contributed by atoms with Crippen molar-refractivity contribution in [3.8, 4) is 0 Å². The Kier molecular flexibility index (Phi) is 2.21. The lowest BCUT2D eigenvalue weighted by molar-refractivity contribution is 0.0972. The zero-order valence-corrected chi connectivity index (χ0v) is 10.2. The summed E-state index contributed by atoms with van der Waals surface area (Å²) >= 11 is 1.55. The van der Waals surface area contributed by atoms with Gasteiger partial charge < -0.3 is 11.1 Å². The molecule has 0 aromatic carbocycles. The third-order valence-electron chi connectivity index (χ3n) is 3.37. The number of carbonyl (C=O) groups excluding carboxylic acids is 1. The van der Waals surface area contributed by atoms with Gasteiger partial charge in [0.25, 0.3) is 0 Å². The molecule has 2 saturated carbocycles. The van der Waals surface area contributed by atoms with E-state index in [2.05, 4.69) is 5.32 Å². The number of ketones is 1. The quantitative estimate of drug-likeness (QED) is 0.790. The van der Waals surface area contributed by atoms with E-state index in [-0.39, 0.29) is 11.7 Å². The summed E-state index contributed by atoms with van der Waals surface area (Å²) < 4.78 is 0. The molecule has 1 aromatic heterocycles. The number of thiophene rings is 1. The maximum absolute atomic E-state index is 12.1. The van der Waals surface area contributed by atoms with Gasteiger partial charge in [-0.2, -0.15) is 0 Å². The minimum absolute atomic E-state index is 0.262. The summed E-state index contributed by atoms with van der Waals surface area (Å²) in [5, 5.41) is 4.28. The van der Waals surface area contributed by atoms with E-state index in [9.17, 15) is 4.79 Å². The molecule has 2 aliphatic carbocycles. The highest BCUT2D eigenvalue weighted by Gasteiger charge is 2.37. The maximum atomic E-state index is 12.1. The molecule has 3 rings (SSSR count). The first-order valence-electron chi connectivity index (χ1n) is 5.86. The number of anilines is 2. The average molecular weight is 236 g/mol. The van der Waals surface area contributed by atoms with Crippen molar-refractivity contribution in [2.45, 2.75) is 31.6 Å². The molecule has 0 aliphatic heterocycles. The third-order valence-corrected chi connectivity index (χ3v) is 4.62. The van der Waals surface area contributed by atoms with Gasteiger partial charge in [0.15, 0.2) is 5.78 Å². The Morgan fingerprint density at radius 1 is 1.38 bits per heavy atom. The monoisotopic (exact) mass is 236 g/mol. The standard InChI is InChI=1S/C12H16N2OS/c1-14-12-8(6-2-3-6)9(13)11(16-12)10(15)7-4-5-7/h6-7,14H,2-5,13H2,1H3. The van der Waals surface area contributed by atoms with Gasteiger partial charge in [0, 0.05) is 18.5 Å². The van der Waals surface area contributed by atoms with Gasteiger partial charge in [-0.15, -0.1) is 11.3 Å². The van der Waals surface area contributed by atoms with Crippen molar-refractivity contribution in [1.29, 1.82) is 0 Å². The lowest BCUT2D eigenvalue weighted by atomic mass is 10.1. The Bertz CT molecular complexity index is 444. The number of hydrogen-bond acceptors (Lipinski definition) is 4. The molecule has 2 aliphatic rings. The fourth-order valence-corrected chi connectivity index (χ4v) is 3.31. The molecular formula is C12H16N2OS. The Morgan fingerprint density at radius 3 is 2.56 bits per heavy atom. The lowest BCUT2D eigenvalue weighted by Gasteiger charge is -2.01. The van der Waals surface area contributed by atoms with Crippen LogP contribution in [0.1, 0.15) is 46.8 Å². The highest BCUT2D eigenvalue weighted by atomic mass is 32.1. The Labute approximate surface area is 99.0 Å². The summed E-state index contributed by atoms with van der Waals surface area (Å²) in [6.45, 7) is 0. The number of nitrogens with two attached hydrogens (primary N) is 1. The van der Waals surface area contributed by atoms with E-state index in [4.69, 9.17) is 5.73 Å². The van der Waals surface area contributed by atoms with Crippen molar-refractivity contribution in [1.82, 2.24) is 0 Å². The van der Waals surface area contributed by atoms with E-state index in [1.54, 1.807) is 11.3 Å². The van der Waals surface area contributed by atoms with E-state index in [0.717, 1.165) is 28.4 Å². The zero-order valence-electron chi connectivity index (χ0n) is 9.38. The molecule has 0 unspecified atom stereocenters. The van der Waals surface area contributed by atoms with E-state index in [1.165, 1.54) is 18.4 Å². The van der Waals surface area contributed by atoms with Gasteiger partial charge in [-0.05, 0) is 31.6 Å². The summed E-state index contributed by atoms with van der Waals surface area (Å²) in [6.07, 6.45) is 4.52. The van der Waals surface area contributed by atoms with Crippen LogP contribution in [0.4, 0.5) is 10.7 Å². The van der Waals surface area contributed by atoms with E-state index in [0.29, 0.717) is 5.92 Å². The van der Waals surface area contributed by atoms with Crippen molar-refractivity contribution >= 4 is 27.8 Å². The second-order valence-electron chi connectivity index (χ2n) is 4.75. The van der Waals surface area contributed by atoms with E-state index >= 15 is 0 Å². The van der Waals surface area contributed by atoms with Gasteiger partial charge in [0.2, 0.25) is 0 Å². The molecule has 3 nitrogen and oxygen atoms in total. The van der Waals surface area contributed by atoms with Crippen LogP contribution in [0.25, 0.3) is 0 Å². The summed E-state index contributed by atoms with van der Waals surface area (Å²) in [5.74, 6) is 1.13. The van der Waals surface area contributed by atoms with Crippen LogP contribution in [0, 0.1) is 5.92 Å². The van der Waals surface area contributed by atoms with Crippen LogP contribution in [0.2, 0.25) is 0 Å². The molecule has 0 radical (unpaired) electrons. The predicted octanol–water partition coefficient (Wildman–Crippen LogP) is 2.84. The fraction of sp³-hybridized carbons (Fsp3) is 0.583. The molecular weight excluding hydrogens is 220 g/mol. The minimum atomic E-state index is 0.262. The molecule has 3 N–H and O–H groups in total. The molecule has 0 saturated heterocycles. The van der Waals surface area contributed by atoms with E-state index in [1.807, 2.05) is 7.05 Å². The number of nitrogens with one attached hydrogen (secondary N) is 1. The SMILES string of the molecule is CNc1sc(C(=O)C2CC2)c(N)c1C1CC1. The van der Waals surface area contributed by atoms with Gasteiger partial charge in [-0.1, -0.05) is 0 Å². The highest BCUT2D eigenvalue weighted by molar-refractivity contribution is 7.18. The molecule has 1 heterocycles. The average Bonchev–Trinajstić information content (AvgIpc) is 3.13. The van der Waals surface area contributed by atoms with Crippen LogP contribution < -0.4 is 11.1 Å². The van der Waals surface area contributed by atoms with Crippen LogP contribution in [0.3, 0.4) is 0 Å². The van der Waals surface area contributed by atoms with Crippen LogP contribution in [-0.4, -0.2) is 12.8 Å². The Morgan fingerprint density at radius 2 is 2.06 bits per heavy atom. The first kappa shape index (κ1) is 10.1. The number of carbonyl (C=O) groups is 1. The van der Waals surface area contributed by atoms with Crippen LogP contribution >= 0.6 is 11.3 Å². The Hall–Kier alpha value is -1.03. The second kappa shape index (κ2) is 3.48. The summed E-state index contributed by atoms with van der Waals surface area (Å²) in [4.78, 5) is 12.9. The van der Waals surface area contributed by atoms with Crippen LogP contribution in [0.5, 0.6) is 0 Å². The lowest BCUT2D eigenvalue weighted by Crippen LogP contribution is -2.02. The number of hydrogen-bond donors (Lipinski definition) is 2. The number of rotatable bonds is 4. The van der Waals surface area contributed by atoms with Crippen molar-refractivity contribution in [2.24, 2.45) is 5.92 Å². The first-order chi connectivity index (χ1) is 7.72. The molecule has 4 heteroatoms. The van der Waals surface area contributed by atoms with Crippen molar-refractivity contribution in [3.05, 3.63) is 10.4 Å². The topological polar surface area (TPSA) is 55.1 Å². The molecule has 0 amide bonds. The maximum Gasteiger partial charge on any atom is 0.178 e. The van der Waals surface area contributed by atoms with Crippen molar-refractivity contribution < 1.29 is 4.79 Å². The Balaban J connectivity index is 2.01. The van der Waals surface area contributed by atoms with Gasteiger partial charge in [0.1, 0.15) is 0 Å². The minimum Gasteiger partial charge on any atom is -0.397 e. The summed E-state index contributed by atoms with van der Waals surface area (Å²) in [7, 11) is 1.91. The molecule has 0 bridgehead atoms. The van der Waals surface area contributed by atoms with Gasteiger partial charge in [0.05, 0.1) is 15.6 Å². The smallest absolute Gasteiger partial charge is 0.178 e. The number of Topliss-reactive ketones (excluding diaryl/α,β-unsaturated/α-hetero) is 1. The second-order valence-corrected chi connectivity index (χ2v) is 5.77. The van der Waals surface area contributed by atoms with Gasteiger partial charge in [-0.25, -0.2) is 0 Å². The highest BCUT2D eigenvalue weighted by Crippen LogP contribution is 2.51. The van der Waals surface area contributed by atoms with Crippen molar-refractivity contribution in [3.63, 3.8) is 0 Å². The van der Waals surface area contributed by atoms with Gasteiger partial charge in [-0.3, -0.25) is 4.79 Å². The first-order valence-corrected chi connectivity index (χ1v) is 6.68. The molecule has 1 aromatic rings. The third kappa shape index (κ3) is 1.52. The molecule has 16 heavy (non-hydrogen) atoms. The molecule has 0 spiro atoms. The predicted molar refractivity (Wildman–Crippen MR) is 67.3 cm³/mol. The fourth-order valence-electron chi connectivity index (χ4n) is 2.13.